The van der Waals surface area contributed by atoms with Gasteiger partial charge in [0.25, 0.3) is 0 Å². The van der Waals surface area contributed by atoms with Crippen LogP contribution in [0, 0.1) is 5.92 Å². The molecule has 2 aliphatic rings. The highest BCUT2D eigenvalue weighted by Crippen LogP contribution is 2.28. The average Bonchev–Trinajstić information content (AvgIpc) is 3.10. The second-order valence-electron chi connectivity index (χ2n) is 6.40. The molecule has 1 fully saturated rings. The average molecular weight is 384 g/mol. The predicted molar refractivity (Wildman–Crippen MR) is 105 cm³/mol. The molecular formula is C20H18ClN3O3. The van der Waals surface area contributed by atoms with Gasteiger partial charge in [0.2, 0.25) is 5.91 Å². The molecule has 0 N–H and O–H groups in total. The summed E-state index contributed by atoms with van der Waals surface area (Å²) in [7, 11) is 1.62. The Morgan fingerprint density at radius 3 is 2.59 bits per heavy atom. The van der Waals surface area contributed by atoms with E-state index in [4.69, 9.17) is 21.2 Å². The first-order valence-corrected chi connectivity index (χ1v) is 8.99. The third-order valence-electron chi connectivity index (χ3n) is 4.70. The van der Waals surface area contributed by atoms with Crippen LogP contribution in [0.3, 0.4) is 0 Å². The molecule has 0 radical (unpaired) electrons. The van der Waals surface area contributed by atoms with Crippen LogP contribution in [0.1, 0.15) is 12.0 Å². The van der Waals surface area contributed by atoms with Gasteiger partial charge in [-0.05, 0) is 48.5 Å². The molecule has 27 heavy (non-hydrogen) atoms. The summed E-state index contributed by atoms with van der Waals surface area (Å²) in [5, 5.41) is 4.70. The summed E-state index contributed by atoms with van der Waals surface area (Å²) in [5.74, 6) is 1.34. The lowest BCUT2D eigenvalue weighted by Crippen LogP contribution is -2.28. The van der Waals surface area contributed by atoms with E-state index in [-0.39, 0.29) is 11.8 Å². The van der Waals surface area contributed by atoms with Crippen molar-refractivity contribution in [3.05, 3.63) is 59.1 Å². The minimum atomic E-state index is -0.00285. The summed E-state index contributed by atoms with van der Waals surface area (Å²) in [6, 6.07) is 14.7. The monoisotopic (exact) mass is 383 g/mol. The van der Waals surface area contributed by atoms with Gasteiger partial charge in [0.15, 0.2) is 12.4 Å². The van der Waals surface area contributed by atoms with Crippen LogP contribution in [0.15, 0.2) is 58.7 Å². The first-order chi connectivity index (χ1) is 13.1. The van der Waals surface area contributed by atoms with E-state index >= 15 is 0 Å². The molecule has 1 amide bonds. The number of carbonyl (C=O) groups excluding carboxylic acids is 1. The first-order valence-electron chi connectivity index (χ1n) is 8.62. The molecule has 0 spiro atoms. The maximum absolute atomic E-state index is 12.5. The van der Waals surface area contributed by atoms with Crippen LogP contribution in [-0.2, 0) is 9.63 Å². The third kappa shape index (κ3) is 3.66. The van der Waals surface area contributed by atoms with Gasteiger partial charge in [-0.3, -0.25) is 4.79 Å². The van der Waals surface area contributed by atoms with E-state index in [0.717, 1.165) is 22.7 Å². The molecule has 2 heterocycles. The predicted octanol–water partition coefficient (Wildman–Crippen LogP) is 3.53. The molecular weight excluding hydrogens is 366 g/mol. The van der Waals surface area contributed by atoms with Crippen molar-refractivity contribution >= 4 is 34.7 Å². The molecule has 0 aliphatic carbocycles. The van der Waals surface area contributed by atoms with Crippen molar-refractivity contribution in [1.29, 1.82) is 0 Å². The number of hydrogen-bond acceptors (Lipinski definition) is 5. The quantitative estimate of drug-likeness (QED) is 0.811. The number of rotatable bonds is 4. The third-order valence-corrected chi connectivity index (χ3v) is 4.95. The standard InChI is InChI=1S/C20H18ClN3O3/c1-26-17-8-2-13(3-9-17)20-22-18(12-27-23-20)14-10-19(25)24(11-14)16-6-4-15(21)5-7-16/h2-9,14H,10-12H2,1H3. The Bertz CT molecular complexity index is 907. The number of aliphatic imine (C=N–C) groups is 1. The summed E-state index contributed by atoms with van der Waals surface area (Å²) < 4.78 is 5.17. The van der Waals surface area contributed by atoms with Crippen LogP contribution >= 0.6 is 11.6 Å². The van der Waals surface area contributed by atoms with Crippen molar-refractivity contribution in [3.63, 3.8) is 0 Å². The van der Waals surface area contributed by atoms with E-state index in [1.54, 1.807) is 24.1 Å². The summed E-state index contributed by atoms with van der Waals surface area (Å²) in [6.07, 6.45) is 0.403. The molecule has 4 rings (SSSR count). The number of amidine groups is 1. The number of methoxy groups -OCH3 is 1. The maximum Gasteiger partial charge on any atom is 0.227 e. The SMILES string of the molecule is COc1ccc(C2=NOCC(C3CC(=O)N(c4ccc(Cl)cc4)C3)=N2)cc1. The van der Waals surface area contributed by atoms with Crippen molar-refractivity contribution < 1.29 is 14.4 Å². The smallest absolute Gasteiger partial charge is 0.227 e. The Balaban J connectivity index is 1.52. The van der Waals surface area contributed by atoms with Gasteiger partial charge in [0, 0.05) is 35.2 Å². The van der Waals surface area contributed by atoms with Crippen LogP contribution < -0.4 is 9.64 Å². The van der Waals surface area contributed by atoms with Gasteiger partial charge in [-0.2, -0.15) is 0 Å². The lowest BCUT2D eigenvalue weighted by molar-refractivity contribution is -0.117. The van der Waals surface area contributed by atoms with Crippen LogP contribution in [0.4, 0.5) is 5.69 Å². The van der Waals surface area contributed by atoms with Crippen molar-refractivity contribution in [3.8, 4) is 5.75 Å². The fourth-order valence-corrected chi connectivity index (χ4v) is 3.34. The summed E-state index contributed by atoms with van der Waals surface area (Å²) in [5.41, 5.74) is 2.51. The van der Waals surface area contributed by atoms with E-state index < -0.39 is 0 Å². The van der Waals surface area contributed by atoms with Crippen molar-refractivity contribution in [2.45, 2.75) is 6.42 Å². The molecule has 0 saturated carbocycles. The van der Waals surface area contributed by atoms with Crippen LogP contribution in [0.5, 0.6) is 5.75 Å². The van der Waals surface area contributed by atoms with E-state index in [1.165, 1.54) is 0 Å². The molecule has 2 aromatic carbocycles. The van der Waals surface area contributed by atoms with Crippen molar-refractivity contribution in [1.82, 2.24) is 0 Å². The van der Waals surface area contributed by atoms with Gasteiger partial charge in [0.05, 0.1) is 12.8 Å². The second kappa shape index (κ2) is 7.40. The van der Waals surface area contributed by atoms with Gasteiger partial charge in [-0.15, -0.1) is 0 Å². The van der Waals surface area contributed by atoms with E-state index in [1.807, 2.05) is 36.4 Å². The lowest BCUT2D eigenvalue weighted by atomic mass is 10.0. The molecule has 0 bridgehead atoms. The number of benzene rings is 2. The Hall–Kier alpha value is -2.86. The van der Waals surface area contributed by atoms with Crippen LogP contribution in [0.25, 0.3) is 0 Å². The molecule has 1 saturated heterocycles. The van der Waals surface area contributed by atoms with Crippen molar-refractivity contribution in [2.24, 2.45) is 16.1 Å². The first kappa shape index (κ1) is 17.5. The number of nitrogens with zero attached hydrogens (tertiary/aromatic N) is 3. The van der Waals surface area contributed by atoms with Gasteiger partial charge >= 0.3 is 0 Å². The molecule has 2 aliphatic heterocycles. The highest BCUT2D eigenvalue weighted by molar-refractivity contribution is 6.30. The lowest BCUT2D eigenvalue weighted by Gasteiger charge is -2.19. The zero-order valence-electron chi connectivity index (χ0n) is 14.8. The minimum Gasteiger partial charge on any atom is -0.497 e. The number of halogens is 1. The van der Waals surface area contributed by atoms with Gasteiger partial charge in [-0.1, -0.05) is 16.8 Å². The molecule has 1 atom stereocenters. The molecule has 1 unspecified atom stereocenters. The number of oxime groups is 1. The molecule has 7 heteroatoms. The number of hydrogen-bond donors (Lipinski definition) is 0. The van der Waals surface area contributed by atoms with Crippen molar-refractivity contribution in [2.75, 3.05) is 25.2 Å². The Labute approximate surface area is 162 Å². The number of amides is 1. The summed E-state index contributed by atoms with van der Waals surface area (Å²) in [6.45, 7) is 0.866. The maximum atomic E-state index is 12.5. The fraction of sp³-hybridized carbons (Fsp3) is 0.250. The normalized spacial score (nSPS) is 19.4. The van der Waals surface area contributed by atoms with Gasteiger partial charge < -0.3 is 14.5 Å². The Morgan fingerprint density at radius 1 is 1.15 bits per heavy atom. The molecule has 2 aromatic rings. The largest absolute Gasteiger partial charge is 0.497 e. The highest BCUT2D eigenvalue weighted by atomic mass is 35.5. The number of ether oxygens (including phenoxy) is 1. The van der Waals surface area contributed by atoms with E-state index in [0.29, 0.717) is 30.4 Å². The summed E-state index contributed by atoms with van der Waals surface area (Å²) >= 11 is 5.94. The topological polar surface area (TPSA) is 63.5 Å². The Morgan fingerprint density at radius 2 is 1.89 bits per heavy atom. The second-order valence-corrected chi connectivity index (χ2v) is 6.84. The van der Waals surface area contributed by atoms with Gasteiger partial charge in [-0.25, -0.2) is 4.99 Å². The summed E-state index contributed by atoms with van der Waals surface area (Å²) in [4.78, 5) is 24.3. The van der Waals surface area contributed by atoms with E-state index in [9.17, 15) is 4.79 Å². The molecule has 6 nitrogen and oxygen atoms in total. The number of anilines is 1. The Kier molecular flexibility index (Phi) is 4.81. The highest BCUT2D eigenvalue weighted by Gasteiger charge is 2.35. The zero-order chi connectivity index (χ0) is 18.8. The van der Waals surface area contributed by atoms with Crippen LogP contribution in [-0.4, -0.2) is 37.7 Å². The number of carbonyl (C=O) groups is 1. The fourth-order valence-electron chi connectivity index (χ4n) is 3.22. The van der Waals surface area contributed by atoms with Crippen LogP contribution in [0.2, 0.25) is 5.02 Å². The minimum absolute atomic E-state index is 0.00285. The zero-order valence-corrected chi connectivity index (χ0v) is 15.5. The molecule has 138 valence electrons. The van der Waals surface area contributed by atoms with E-state index in [2.05, 4.69) is 10.1 Å². The molecule has 0 aromatic heterocycles. The van der Waals surface area contributed by atoms with Gasteiger partial charge in [0.1, 0.15) is 5.75 Å².